The Hall–Kier alpha value is -3.62. The number of H-pyrrole nitrogens is 1. The Morgan fingerprint density at radius 2 is 1.73 bits per heavy atom. The van der Waals surface area contributed by atoms with Crippen LogP contribution in [-0.4, -0.2) is 62.5 Å². The van der Waals surface area contributed by atoms with Gasteiger partial charge in [-0.3, -0.25) is 9.69 Å². The summed E-state index contributed by atoms with van der Waals surface area (Å²) in [6, 6.07) is 12.1. The van der Waals surface area contributed by atoms with Crippen molar-refractivity contribution in [1.29, 1.82) is 0 Å². The minimum atomic E-state index is -0.179. The van der Waals surface area contributed by atoms with Crippen LogP contribution in [0.3, 0.4) is 0 Å². The Balaban J connectivity index is 1.39. The Bertz CT molecular complexity index is 1280. The van der Waals surface area contributed by atoms with Crippen molar-refractivity contribution < 1.29 is 0 Å². The highest BCUT2D eigenvalue weighted by molar-refractivity contribution is 5.95. The van der Waals surface area contributed by atoms with Crippen molar-refractivity contribution in [2.75, 3.05) is 38.0 Å². The second kappa shape index (κ2) is 9.48. The second-order valence-corrected chi connectivity index (χ2v) is 8.29. The average Bonchev–Trinajstić information content (AvgIpc) is 2.86. The van der Waals surface area contributed by atoms with E-state index < -0.39 is 0 Å². The molecule has 0 aliphatic carbocycles. The minimum Gasteiger partial charge on any atom is -0.340 e. The summed E-state index contributed by atoms with van der Waals surface area (Å²) in [5, 5.41) is 4.68. The van der Waals surface area contributed by atoms with Gasteiger partial charge in [-0.2, -0.15) is 0 Å². The number of rotatable bonds is 6. The maximum atomic E-state index is 12.6. The first-order valence-corrected chi connectivity index (χ1v) is 11.3. The fourth-order valence-electron chi connectivity index (χ4n) is 4.24. The van der Waals surface area contributed by atoms with Crippen LogP contribution in [-0.2, 0) is 6.54 Å². The van der Waals surface area contributed by atoms with Crippen molar-refractivity contribution in [3.63, 3.8) is 0 Å². The number of hydrogen-bond donors (Lipinski definition) is 2. The fraction of sp³-hybridized carbons (Fsp3) is 0.280. The number of pyridine rings is 2. The van der Waals surface area contributed by atoms with Gasteiger partial charge in [0, 0.05) is 62.6 Å². The highest BCUT2D eigenvalue weighted by Crippen LogP contribution is 2.27. The molecule has 1 saturated heterocycles. The van der Waals surface area contributed by atoms with Crippen LogP contribution >= 0.6 is 0 Å². The lowest BCUT2D eigenvalue weighted by Crippen LogP contribution is -2.45. The van der Waals surface area contributed by atoms with Gasteiger partial charge in [0.1, 0.15) is 12.1 Å². The van der Waals surface area contributed by atoms with Gasteiger partial charge in [-0.15, -0.1) is 0 Å². The molecule has 4 aromatic rings. The van der Waals surface area contributed by atoms with Gasteiger partial charge in [0.25, 0.3) is 5.56 Å². The number of nitrogens with one attached hydrogen (secondary N) is 2. The number of anilines is 2. The number of aromatic amines is 1. The van der Waals surface area contributed by atoms with E-state index in [9.17, 15) is 4.79 Å². The lowest BCUT2D eigenvalue weighted by atomic mass is 10.1. The quantitative estimate of drug-likeness (QED) is 0.475. The van der Waals surface area contributed by atoms with E-state index in [0.29, 0.717) is 16.9 Å². The zero-order valence-corrected chi connectivity index (χ0v) is 18.7. The Kier molecular flexibility index (Phi) is 6.10. The van der Waals surface area contributed by atoms with Gasteiger partial charge in [-0.25, -0.2) is 15.0 Å². The van der Waals surface area contributed by atoms with Crippen molar-refractivity contribution in [2.24, 2.45) is 0 Å². The van der Waals surface area contributed by atoms with E-state index in [0.717, 1.165) is 55.9 Å². The molecule has 4 heterocycles. The largest absolute Gasteiger partial charge is 0.340 e. The van der Waals surface area contributed by atoms with Gasteiger partial charge in [0.15, 0.2) is 0 Å². The van der Waals surface area contributed by atoms with Crippen LogP contribution in [0.2, 0.25) is 0 Å². The first kappa shape index (κ1) is 21.2. The normalized spacial score (nSPS) is 15.1. The zero-order chi connectivity index (χ0) is 22.6. The molecule has 1 aliphatic heterocycles. The van der Waals surface area contributed by atoms with E-state index in [1.807, 2.05) is 24.3 Å². The molecule has 8 heteroatoms. The Morgan fingerprint density at radius 1 is 1.00 bits per heavy atom. The average molecular weight is 442 g/mol. The first-order valence-electron chi connectivity index (χ1n) is 11.3. The number of nitrogens with zero attached hydrogens (tertiary/aromatic N) is 5. The number of hydrogen-bond acceptors (Lipinski definition) is 7. The fourth-order valence-corrected chi connectivity index (χ4v) is 4.24. The van der Waals surface area contributed by atoms with Crippen LogP contribution in [0.15, 0.2) is 66.1 Å². The van der Waals surface area contributed by atoms with E-state index in [2.05, 4.69) is 49.1 Å². The third-order valence-corrected chi connectivity index (χ3v) is 6.15. The summed E-state index contributed by atoms with van der Waals surface area (Å²) in [7, 11) is 0. The van der Waals surface area contributed by atoms with Crippen molar-refractivity contribution >= 4 is 22.3 Å². The summed E-state index contributed by atoms with van der Waals surface area (Å²) in [5.74, 6) is 0.511. The Morgan fingerprint density at radius 3 is 2.45 bits per heavy atom. The van der Waals surface area contributed by atoms with E-state index in [1.165, 1.54) is 11.9 Å². The highest BCUT2D eigenvalue weighted by Gasteiger charge is 2.16. The molecule has 0 amide bonds. The predicted molar refractivity (Wildman–Crippen MR) is 131 cm³/mol. The molecule has 5 rings (SSSR count). The number of fused-ring (bicyclic) bond motifs is 1. The molecule has 1 fully saturated rings. The maximum absolute atomic E-state index is 12.6. The molecule has 1 aromatic carbocycles. The molecule has 168 valence electrons. The van der Waals surface area contributed by atoms with Gasteiger partial charge in [0.2, 0.25) is 0 Å². The highest BCUT2D eigenvalue weighted by atomic mass is 16.1. The van der Waals surface area contributed by atoms with Crippen LogP contribution in [0.4, 0.5) is 11.5 Å². The van der Waals surface area contributed by atoms with Gasteiger partial charge in [-0.1, -0.05) is 19.1 Å². The van der Waals surface area contributed by atoms with E-state index in [-0.39, 0.29) is 5.56 Å². The summed E-state index contributed by atoms with van der Waals surface area (Å²) in [5.41, 5.74) is 3.48. The Labute approximate surface area is 192 Å². The van der Waals surface area contributed by atoms with Crippen LogP contribution in [0.5, 0.6) is 0 Å². The number of piperazine rings is 1. The van der Waals surface area contributed by atoms with Crippen molar-refractivity contribution in [1.82, 2.24) is 29.7 Å². The third kappa shape index (κ3) is 4.76. The smallest absolute Gasteiger partial charge is 0.259 e. The molecule has 2 N–H and O–H groups in total. The molecule has 33 heavy (non-hydrogen) atoms. The summed E-state index contributed by atoms with van der Waals surface area (Å²) in [6.07, 6.45) is 6.56. The van der Waals surface area contributed by atoms with Crippen molar-refractivity contribution in [2.45, 2.75) is 13.5 Å². The molecule has 0 spiro atoms. The first-order chi connectivity index (χ1) is 16.2. The lowest BCUT2D eigenvalue weighted by Gasteiger charge is -2.34. The van der Waals surface area contributed by atoms with Gasteiger partial charge >= 0.3 is 0 Å². The lowest BCUT2D eigenvalue weighted by molar-refractivity contribution is 0.132. The SMILES string of the molecule is CCN1CCN(Cc2ccc(Nc3nc(-c4cncnc4)cc4cc[nH]c(=O)c34)cc2)CC1. The third-order valence-electron chi connectivity index (χ3n) is 6.15. The predicted octanol–water partition coefficient (Wildman–Crippen LogP) is 3.26. The molecular formula is C25H27N7O. The molecule has 0 atom stereocenters. The molecule has 1 aliphatic rings. The topological polar surface area (TPSA) is 90.0 Å². The summed E-state index contributed by atoms with van der Waals surface area (Å²) in [6.45, 7) is 8.75. The maximum Gasteiger partial charge on any atom is 0.259 e. The monoisotopic (exact) mass is 441 g/mol. The molecule has 0 bridgehead atoms. The zero-order valence-electron chi connectivity index (χ0n) is 18.7. The van der Waals surface area contributed by atoms with Crippen molar-refractivity contribution in [3.8, 4) is 11.3 Å². The standard InChI is InChI=1S/C25H27N7O/c1-2-31-9-11-32(12-10-31)16-18-3-5-21(6-4-18)29-24-23-19(7-8-28-25(23)33)13-22(30-24)20-14-26-17-27-15-20/h3-8,13-15,17H,2,9-12,16H2,1H3,(H,28,33)(H,29,30). The number of aromatic nitrogens is 4. The molecular weight excluding hydrogens is 414 g/mol. The number of benzene rings is 1. The summed E-state index contributed by atoms with van der Waals surface area (Å²) < 4.78 is 0. The van der Waals surface area contributed by atoms with E-state index >= 15 is 0 Å². The minimum absolute atomic E-state index is 0.179. The molecule has 0 unspecified atom stereocenters. The van der Waals surface area contributed by atoms with Crippen LogP contribution in [0, 0.1) is 0 Å². The van der Waals surface area contributed by atoms with Gasteiger partial charge in [-0.05, 0) is 41.8 Å². The molecule has 0 radical (unpaired) electrons. The van der Waals surface area contributed by atoms with Gasteiger partial charge < -0.3 is 15.2 Å². The van der Waals surface area contributed by atoms with Crippen LogP contribution in [0.1, 0.15) is 12.5 Å². The summed E-state index contributed by atoms with van der Waals surface area (Å²) >= 11 is 0. The molecule has 0 saturated carbocycles. The van der Waals surface area contributed by atoms with Crippen LogP contribution < -0.4 is 10.9 Å². The molecule has 3 aromatic heterocycles. The van der Waals surface area contributed by atoms with Gasteiger partial charge in [0.05, 0.1) is 11.1 Å². The summed E-state index contributed by atoms with van der Waals surface area (Å²) in [4.78, 5) is 33.2. The van der Waals surface area contributed by atoms with E-state index in [1.54, 1.807) is 18.6 Å². The molecule has 8 nitrogen and oxygen atoms in total. The second-order valence-electron chi connectivity index (χ2n) is 8.29. The van der Waals surface area contributed by atoms with Crippen LogP contribution in [0.25, 0.3) is 22.0 Å². The van der Waals surface area contributed by atoms with Crippen molar-refractivity contribution in [3.05, 3.63) is 77.2 Å². The van der Waals surface area contributed by atoms with E-state index in [4.69, 9.17) is 4.98 Å². The number of likely N-dealkylation sites (N-methyl/N-ethyl adjacent to an activating group) is 1.